The van der Waals surface area contributed by atoms with Crippen LogP contribution >= 0.6 is 0 Å². The van der Waals surface area contributed by atoms with Crippen molar-refractivity contribution in [2.24, 2.45) is 0 Å². The van der Waals surface area contributed by atoms with Gasteiger partial charge in [0, 0.05) is 6.54 Å². The van der Waals surface area contributed by atoms with Crippen LogP contribution in [0, 0.1) is 0 Å². The molecular weight excluding hydrogens is 252 g/mol. The number of hydrogen-bond acceptors (Lipinski definition) is 2. The standard InChI is InChI=1S/C9H15F6NO/c1-3-6(5-16-4-2)17-7(8(10,11)12)9(13,14)15/h6-7,16H,3-5H2,1-2H3. The van der Waals surface area contributed by atoms with Crippen LogP contribution in [0.15, 0.2) is 0 Å². The number of alkyl halides is 6. The molecule has 0 bridgehead atoms. The van der Waals surface area contributed by atoms with Crippen LogP contribution in [0.3, 0.4) is 0 Å². The van der Waals surface area contributed by atoms with Crippen LogP contribution in [-0.2, 0) is 4.74 Å². The molecule has 1 N–H and O–H groups in total. The SMILES string of the molecule is CCNCC(CC)OC(C(F)(F)F)C(F)(F)F. The van der Waals surface area contributed by atoms with E-state index in [0.717, 1.165) is 0 Å². The van der Waals surface area contributed by atoms with Crippen molar-refractivity contribution < 1.29 is 31.1 Å². The summed E-state index contributed by atoms with van der Waals surface area (Å²) in [6, 6.07) is 0. The first-order valence-electron chi connectivity index (χ1n) is 5.12. The predicted molar refractivity (Wildman–Crippen MR) is 49.6 cm³/mol. The molecule has 17 heavy (non-hydrogen) atoms. The Bertz CT molecular complexity index is 201. The monoisotopic (exact) mass is 267 g/mol. The summed E-state index contributed by atoms with van der Waals surface area (Å²) in [4.78, 5) is 0. The molecule has 0 spiro atoms. The van der Waals surface area contributed by atoms with E-state index in [2.05, 4.69) is 10.1 Å². The number of halogens is 6. The number of nitrogens with one attached hydrogen (secondary N) is 1. The molecule has 0 amide bonds. The first-order chi connectivity index (χ1) is 7.62. The van der Waals surface area contributed by atoms with Gasteiger partial charge in [0.15, 0.2) is 0 Å². The van der Waals surface area contributed by atoms with E-state index in [9.17, 15) is 26.3 Å². The van der Waals surface area contributed by atoms with E-state index >= 15 is 0 Å². The largest absolute Gasteiger partial charge is 0.423 e. The van der Waals surface area contributed by atoms with Crippen molar-refractivity contribution in [1.82, 2.24) is 5.32 Å². The molecule has 0 rings (SSSR count). The topological polar surface area (TPSA) is 21.3 Å². The first-order valence-corrected chi connectivity index (χ1v) is 5.12. The van der Waals surface area contributed by atoms with Gasteiger partial charge in [0.1, 0.15) is 0 Å². The van der Waals surface area contributed by atoms with Gasteiger partial charge in [-0.05, 0) is 13.0 Å². The smallest absolute Gasteiger partial charge is 0.356 e. The quantitative estimate of drug-likeness (QED) is 0.747. The first kappa shape index (κ1) is 16.5. The van der Waals surface area contributed by atoms with Gasteiger partial charge in [-0.1, -0.05) is 13.8 Å². The van der Waals surface area contributed by atoms with Crippen molar-refractivity contribution in [1.29, 1.82) is 0 Å². The molecule has 104 valence electrons. The summed E-state index contributed by atoms with van der Waals surface area (Å²) in [5.41, 5.74) is 0. The maximum atomic E-state index is 12.2. The Balaban J connectivity index is 4.62. The van der Waals surface area contributed by atoms with Gasteiger partial charge in [0.2, 0.25) is 6.10 Å². The third-order valence-corrected chi connectivity index (χ3v) is 2.00. The Kier molecular flexibility index (Phi) is 6.25. The summed E-state index contributed by atoms with van der Waals surface area (Å²) in [5, 5.41) is 2.65. The second-order valence-electron chi connectivity index (χ2n) is 3.44. The molecule has 0 fully saturated rings. The van der Waals surface area contributed by atoms with Gasteiger partial charge in [-0.3, -0.25) is 0 Å². The Morgan fingerprint density at radius 3 is 1.76 bits per heavy atom. The fraction of sp³-hybridized carbons (Fsp3) is 1.00. The maximum Gasteiger partial charge on any atom is 0.423 e. The Labute approximate surface area is 95.3 Å². The second-order valence-corrected chi connectivity index (χ2v) is 3.44. The lowest BCUT2D eigenvalue weighted by atomic mass is 10.2. The van der Waals surface area contributed by atoms with Gasteiger partial charge in [-0.15, -0.1) is 0 Å². The highest BCUT2D eigenvalue weighted by molar-refractivity contribution is 4.78. The highest BCUT2D eigenvalue weighted by Gasteiger charge is 2.58. The van der Waals surface area contributed by atoms with Crippen LogP contribution in [-0.4, -0.2) is 37.7 Å². The lowest BCUT2D eigenvalue weighted by Gasteiger charge is -2.27. The van der Waals surface area contributed by atoms with Crippen LogP contribution in [0.1, 0.15) is 20.3 Å². The fourth-order valence-corrected chi connectivity index (χ4v) is 1.13. The molecule has 0 aromatic carbocycles. The molecule has 0 aliphatic carbocycles. The summed E-state index contributed by atoms with van der Waals surface area (Å²) >= 11 is 0. The van der Waals surface area contributed by atoms with E-state index in [4.69, 9.17) is 0 Å². The van der Waals surface area contributed by atoms with Crippen LogP contribution in [0.4, 0.5) is 26.3 Å². The van der Waals surface area contributed by atoms with E-state index in [0.29, 0.717) is 6.54 Å². The normalized spacial score (nSPS) is 15.4. The average molecular weight is 267 g/mol. The third-order valence-electron chi connectivity index (χ3n) is 2.00. The number of likely N-dealkylation sites (N-methyl/N-ethyl adjacent to an activating group) is 1. The van der Waals surface area contributed by atoms with Gasteiger partial charge in [0.25, 0.3) is 0 Å². The molecule has 0 heterocycles. The molecule has 0 saturated carbocycles. The number of hydrogen-bond donors (Lipinski definition) is 1. The van der Waals surface area contributed by atoms with Crippen LogP contribution in [0.2, 0.25) is 0 Å². The molecule has 2 nitrogen and oxygen atoms in total. The highest BCUT2D eigenvalue weighted by Crippen LogP contribution is 2.36. The Morgan fingerprint density at radius 2 is 1.47 bits per heavy atom. The van der Waals surface area contributed by atoms with E-state index in [1.165, 1.54) is 6.92 Å². The molecule has 0 radical (unpaired) electrons. The summed E-state index contributed by atoms with van der Waals surface area (Å²) in [6.07, 6.45) is -15.7. The Hall–Kier alpha value is -0.500. The van der Waals surface area contributed by atoms with Crippen molar-refractivity contribution in [2.75, 3.05) is 13.1 Å². The summed E-state index contributed by atoms with van der Waals surface area (Å²) in [7, 11) is 0. The molecule has 8 heteroatoms. The summed E-state index contributed by atoms with van der Waals surface area (Å²) in [6.45, 7) is 3.56. The summed E-state index contributed by atoms with van der Waals surface area (Å²) < 4.78 is 77.1. The lowest BCUT2D eigenvalue weighted by molar-refractivity contribution is -0.330. The molecular formula is C9H15F6NO. The molecule has 0 aliphatic heterocycles. The average Bonchev–Trinajstić information content (AvgIpc) is 2.14. The van der Waals surface area contributed by atoms with Crippen molar-refractivity contribution in [3.8, 4) is 0 Å². The minimum atomic E-state index is -5.45. The fourth-order valence-electron chi connectivity index (χ4n) is 1.13. The molecule has 0 saturated heterocycles. The maximum absolute atomic E-state index is 12.2. The van der Waals surface area contributed by atoms with E-state index in [1.54, 1.807) is 6.92 Å². The highest BCUT2D eigenvalue weighted by atomic mass is 19.4. The lowest BCUT2D eigenvalue weighted by Crippen LogP contribution is -2.47. The van der Waals surface area contributed by atoms with E-state index in [1.807, 2.05) is 0 Å². The Morgan fingerprint density at radius 1 is 1.00 bits per heavy atom. The molecule has 0 aromatic heterocycles. The minimum Gasteiger partial charge on any atom is -0.356 e. The summed E-state index contributed by atoms with van der Waals surface area (Å²) in [5.74, 6) is 0. The van der Waals surface area contributed by atoms with Crippen molar-refractivity contribution in [3.05, 3.63) is 0 Å². The predicted octanol–water partition coefficient (Wildman–Crippen LogP) is 2.88. The van der Waals surface area contributed by atoms with Gasteiger partial charge < -0.3 is 10.1 Å². The van der Waals surface area contributed by atoms with Crippen LogP contribution in [0.25, 0.3) is 0 Å². The third kappa shape index (κ3) is 6.11. The van der Waals surface area contributed by atoms with Gasteiger partial charge in [-0.2, -0.15) is 26.3 Å². The number of rotatable bonds is 6. The van der Waals surface area contributed by atoms with Crippen LogP contribution in [0.5, 0.6) is 0 Å². The van der Waals surface area contributed by atoms with Gasteiger partial charge >= 0.3 is 12.4 Å². The zero-order valence-electron chi connectivity index (χ0n) is 9.45. The zero-order valence-corrected chi connectivity index (χ0v) is 9.45. The minimum absolute atomic E-state index is 0.0460. The molecule has 1 atom stereocenters. The van der Waals surface area contributed by atoms with Crippen LogP contribution < -0.4 is 5.32 Å². The zero-order chi connectivity index (χ0) is 13.7. The van der Waals surface area contributed by atoms with Crippen molar-refractivity contribution in [3.63, 3.8) is 0 Å². The second kappa shape index (κ2) is 6.44. The van der Waals surface area contributed by atoms with Gasteiger partial charge in [-0.25, -0.2) is 0 Å². The van der Waals surface area contributed by atoms with Gasteiger partial charge in [0.05, 0.1) is 6.10 Å². The number of ether oxygens (including phenoxy) is 1. The van der Waals surface area contributed by atoms with Crippen molar-refractivity contribution >= 4 is 0 Å². The molecule has 1 unspecified atom stereocenters. The van der Waals surface area contributed by atoms with E-state index in [-0.39, 0.29) is 13.0 Å². The molecule has 0 aromatic rings. The molecule has 0 aliphatic rings. The van der Waals surface area contributed by atoms with Crippen molar-refractivity contribution in [2.45, 2.75) is 44.8 Å². The van der Waals surface area contributed by atoms with E-state index < -0.39 is 24.6 Å².